The van der Waals surface area contributed by atoms with E-state index in [4.69, 9.17) is 4.98 Å². The van der Waals surface area contributed by atoms with Crippen molar-refractivity contribution >= 4 is 39.1 Å². The van der Waals surface area contributed by atoms with Crippen LogP contribution in [0.4, 0.5) is 0 Å². The van der Waals surface area contributed by atoms with Crippen LogP contribution < -0.4 is 5.32 Å². The monoisotopic (exact) mass is 534 g/mol. The largest absolute Gasteiger partial charge is 0.387 e. The number of para-hydroxylation sites is 1. The number of aromatic nitrogens is 3. The molecule has 0 aliphatic carbocycles. The summed E-state index contributed by atoms with van der Waals surface area (Å²) >= 11 is 1.99. The molecule has 0 saturated carbocycles. The van der Waals surface area contributed by atoms with Crippen molar-refractivity contribution in [2.24, 2.45) is 0 Å². The van der Waals surface area contributed by atoms with E-state index in [1.165, 1.54) is 37.8 Å². The lowest BCUT2D eigenvalue weighted by molar-refractivity contribution is 0.975. The van der Waals surface area contributed by atoms with E-state index in [0.717, 1.165) is 52.5 Å². The van der Waals surface area contributed by atoms with Gasteiger partial charge in [-0.05, 0) is 83.9 Å². The highest BCUT2D eigenvalue weighted by Gasteiger charge is 2.21. The quantitative estimate of drug-likeness (QED) is 0.248. The number of nitrogens with one attached hydrogen (secondary N) is 1. The molecule has 2 aliphatic heterocycles. The summed E-state index contributed by atoms with van der Waals surface area (Å²) in [5.74, 6) is 1.16. The number of pyridine rings is 2. The molecule has 0 amide bonds. The van der Waals surface area contributed by atoms with E-state index in [2.05, 4.69) is 99.8 Å². The molecule has 0 radical (unpaired) electrons. The van der Waals surface area contributed by atoms with Gasteiger partial charge in [0.25, 0.3) is 0 Å². The van der Waals surface area contributed by atoms with Gasteiger partial charge in [0.15, 0.2) is 0 Å². The molecule has 8 rings (SSSR count). The Labute approximate surface area is 237 Å². The van der Waals surface area contributed by atoms with Gasteiger partial charge >= 0.3 is 0 Å². The molecular formula is C35H26N4S. The number of aryl methyl sites for hydroxylation is 1. The molecule has 0 saturated heterocycles. The van der Waals surface area contributed by atoms with Crippen molar-refractivity contribution in [2.45, 2.75) is 11.3 Å². The molecule has 3 aromatic heterocycles. The molecule has 40 heavy (non-hydrogen) atoms. The summed E-state index contributed by atoms with van der Waals surface area (Å²) < 4.78 is 2.42. The van der Waals surface area contributed by atoms with E-state index in [-0.39, 0.29) is 0 Å². The highest BCUT2D eigenvalue weighted by Crippen LogP contribution is 2.43. The van der Waals surface area contributed by atoms with E-state index in [1.54, 1.807) is 0 Å². The minimum atomic E-state index is 0.819. The molecule has 2 aliphatic rings. The van der Waals surface area contributed by atoms with Gasteiger partial charge in [-0.3, -0.25) is 4.98 Å². The van der Waals surface area contributed by atoms with Crippen LogP contribution in [0.15, 0.2) is 121 Å². The highest BCUT2D eigenvalue weighted by atomic mass is 32.2. The highest BCUT2D eigenvalue weighted by molar-refractivity contribution is 7.99. The molecule has 0 unspecified atom stereocenters. The van der Waals surface area contributed by atoms with E-state index in [9.17, 15) is 0 Å². The minimum Gasteiger partial charge on any atom is -0.387 e. The number of rotatable bonds is 4. The fraction of sp³-hybridized carbons (Fsp3) is 0.0857. The first-order valence-electron chi connectivity index (χ1n) is 13.7. The van der Waals surface area contributed by atoms with Crippen LogP contribution in [0.1, 0.15) is 11.1 Å². The number of hydrogen-bond donors (Lipinski definition) is 1. The second-order valence-corrected chi connectivity index (χ2v) is 11.3. The summed E-state index contributed by atoms with van der Waals surface area (Å²) in [4.78, 5) is 10.8. The summed E-state index contributed by atoms with van der Waals surface area (Å²) in [6.07, 6.45) is 11.2. The fourth-order valence-electron chi connectivity index (χ4n) is 5.96. The molecule has 0 spiro atoms. The Bertz CT molecular complexity index is 1980. The summed E-state index contributed by atoms with van der Waals surface area (Å²) in [5, 5.41) is 5.96. The van der Waals surface area contributed by atoms with Crippen LogP contribution in [0.25, 0.3) is 55.6 Å². The van der Waals surface area contributed by atoms with Crippen molar-refractivity contribution in [3.05, 3.63) is 127 Å². The third-order valence-electron chi connectivity index (χ3n) is 7.85. The number of thioether (sulfide) groups is 1. The summed E-state index contributed by atoms with van der Waals surface area (Å²) in [7, 11) is 0. The first kappa shape index (κ1) is 23.3. The lowest BCUT2D eigenvalue weighted by Crippen LogP contribution is -2.08. The van der Waals surface area contributed by atoms with Gasteiger partial charge in [-0.15, -0.1) is 11.8 Å². The van der Waals surface area contributed by atoms with Gasteiger partial charge < -0.3 is 9.88 Å². The van der Waals surface area contributed by atoms with E-state index in [1.807, 2.05) is 42.5 Å². The predicted octanol–water partition coefficient (Wildman–Crippen LogP) is 8.06. The predicted molar refractivity (Wildman–Crippen MR) is 167 cm³/mol. The summed E-state index contributed by atoms with van der Waals surface area (Å²) in [6, 6.07) is 30.7. The number of dihydropyridines is 1. The second-order valence-electron chi connectivity index (χ2n) is 10.2. The van der Waals surface area contributed by atoms with Crippen LogP contribution in [-0.2, 0) is 6.42 Å². The van der Waals surface area contributed by atoms with Gasteiger partial charge in [-0.1, -0.05) is 42.5 Å². The maximum absolute atomic E-state index is 5.16. The van der Waals surface area contributed by atoms with Gasteiger partial charge in [-0.2, -0.15) is 0 Å². The lowest BCUT2D eigenvalue weighted by Gasteiger charge is -2.14. The van der Waals surface area contributed by atoms with Crippen molar-refractivity contribution in [1.29, 1.82) is 0 Å². The van der Waals surface area contributed by atoms with Gasteiger partial charge in [0.1, 0.15) is 0 Å². The average Bonchev–Trinajstić information content (AvgIpc) is 3.64. The van der Waals surface area contributed by atoms with Gasteiger partial charge in [0, 0.05) is 57.2 Å². The third kappa shape index (κ3) is 3.85. The Morgan fingerprint density at radius 1 is 0.775 bits per heavy atom. The van der Waals surface area contributed by atoms with Crippen LogP contribution in [0.3, 0.4) is 0 Å². The van der Waals surface area contributed by atoms with Crippen LogP contribution in [-0.4, -0.2) is 26.8 Å². The zero-order valence-electron chi connectivity index (χ0n) is 21.8. The number of allylic oxidation sites excluding steroid dienone is 2. The Morgan fingerprint density at radius 3 is 2.52 bits per heavy atom. The molecular weight excluding hydrogens is 508 g/mol. The third-order valence-corrected chi connectivity index (χ3v) is 9.01. The maximum atomic E-state index is 5.16. The molecule has 0 atom stereocenters. The first-order valence-corrected chi connectivity index (χ1v) is 14.6. The molecule has 0 fully saturated rings. The SMILES string of the molecule is C1=CC(c2cc(-c3ccncc3)nc(-c3cccc(-n4c5ccccc5c5c6c(ccc54)CCS6)c3)c2)=CCN1. The topological polar surface area (TPSA) is 42.7 Å². The molecule has 1 N–H and O–H groups in total. The van der Waals surface area contributed by atoms with Crippen LogP contribution >= 0.6 is 11.8 Å². The first-order chi connectivity index (χ1) is 19.8. The van der Waals surface area contributed by atoms with Crippen LogP contribution in [0.5, 0.6) is 0 Å². The standard InChI is InChI=1S/C35H26N4S/c1-2-7-32-29(6-1)34-33(9-8-25-14-19-40-35(25)34)39(32)28-5-3-4-26(20-28)31-22-27(23-10-15-36-16-11-23)21-30(38-31)24-12-17-37-18-13-24/h1-13,15,17-18,20-22,36H,14,16,19H2. The fourth-order valence-corrected chi connectivity index (χ4v) is 7.20. The van der Waals surface area contributed by atoms with Gasteiger partial charge in [0.05, 0.1) is 22.4 Å². The normalized spacial score (nSPS) is 14.3. The molecule has 0 bridgehead atoms. The molecule has 4 nitrogen and oxygen atoms in total. The zero-order valence-corrected chi connectivity index (χ0v) is 22.7. The van der Waals surface area contributed by atoms with Crippen LogP contribution in [0.2, 0.25) is 0 Å². The van der Waals surface area contributed by atoms with Crippen molar-refractivity contribution in [1.82, 2.24) is 19.9 Å². The Morgan fingerprint density at radius 2 is 1.65 bits per heavy atom. The van der Waals surface area contributed by atoms with Gasteiger partial charge in [0.2, 0.25) is 0 Å². The number of hydrogen-bond acceptors (Lipinski definition) is 4. The maximum Gasteiger partial charge on any atom is 0.0716 e. The second kappa shape index (κ2) is 9.54. The summed E-state index contributed by atoms with van der Waals surface area (Å²) in [6.45, 7) is 0.819. The number of nitrogens with zero attached hydrogens (tertiary/aromatic N) is 3. The van der Waals surface area contributed by atoms with Crippen molar-refractivity contribution < 1.29 is 0 Å². The Balaban J connectivity index is 1.33. The van der Waals surface area contributed by atoms with E-state index >= 15 is 0 Å². The minimum absolute atomic E-state index is 0.819. The zero-order chi connectivity index (χ0) is 26.5. The van der Waals surface area contributed by atoms with Crippen molar-refractivity contribution in [3.63, 3.8) is 0 Å². The number of benzene rings is 3. The molecule has 3 aromatic carbocycles. The van der Waals surface area contributed by atoms with Crippen molar-refractivity contribution in [2.75, 3.05) is 12.3 Å². The Kier molecular flexibility index (Phi) is 5.56. The molecule has 6 aromatic rings. The average molecular weight is 535 g/mol. The van der Waals surface area contributed by atoms with Gasteiger partial charge in [-0.25, -0.2) is 4.98 Å². The van der Waals surface area contributed by atoms with Crippen molar-refractivity contribution in [3.8, 4) is 28.2 Å². The van der Waals surface area contributed by atoms with E-state index in [0.29, 0.717) is 0 Å². The summed E-state index contributed by atoms with van der Waals surface area (Å²) in [5.41, 5.74) is 11.5. The molecule has 192 valence electrons. The van der Waals surface area contributed by atoms with Crippen LogP contribution in [0, 0.1) is 0 Å². The molecule has 5 heteroatoms. The smallest absolute Gasteiger partial charge is 0.0716 e. The lowest BCUT2D eigenvalue weighted by atomic mass is 9.99. The number of fused-ring (bicyclic) bond motifs is 5. The molecule has 5 heterocycles. The van der Waals surface area contributed by atoms with E-state index < -0.39 is 0 Å². The Hall–Kier alpha value is -4.61.